The zero-order valence-electron chi connectivity index (χ0n) is 8.56. The first-order chi connectivity index (χ1) is 6.90. The zero-order valence-corrected chi connectivity index (χ0v) is 10.1. The van der Waals surface area contributed by atoms with Gasteiger partial charge in [-0.25, -0.2) is 0 Å². The molecule has 0 atom stereocenters. The summed E-state index contributed by atoms with van der Waals surface area (Å²) in [6.07, 6.45) is 7.82. The number of benzene rings is 1. The van der Waals surface area contributed by atoms with Crippen LogP contribution >= 0.6 is 15.9 Å². The van der Waals surface area contributed by atoms with Crippen molar-refractivity contribution in [3.63, 3.8) is 0 Å². The minimum Gasteiger partial charge on any atom is -0.0928 e. The number of hydrogen-bond acceptors (Lipinski definition) is 0. The summed E-state index contributed by atoms with van der Waals surface area (Å²) >= 11 is 3.47. The van der Waals surface area contributed by atoms with Gasteiger partial charge in [0.1, 0.15) is 0 Å². The van der Waals surface area contributed by atoms with Gasteiger partial charge in [-0.05, 0) is 55.2 Å². The Morgan fingerprint density at radius 2 is 1.93 bits per heavy atom. The van der Waals surface area contributed by atoms with Gasteiger partial charge >= 0.3 is 0 Å². The Balaban J connectivity index is 1.98. The summed E-state index contributed by atoms with van der Waals surface area (Å²) in [7, 11) is 0. The van der Waals surface area contributed by atoms with Crippen molar-refractivity contribution < 1.29 is 0 Å². The Kier molecular flexibility index (Phi) is 3.63. The monoisotopic (exact) mass is 252 g/mol. The quantitative estimate of drug-likeness (QED) is 0.564. The molecule has 0 aliphatic heterocycles. The average Bonchev–Trinajstić information content (AvgIpc) is 2.65. The lowest BCUT2D eigenvalue weighted by Gasteiger charge is -2.04. The molecule has 2 rings (SSSR count). The van der Waals surface area contributed by atoms with Gasteiger partial charge < -0.3 is 0 Å². The van der Waals surface area contributed by atoms with Crippen molar-refractivity contribution in [3.05, 3.63) is 34.9 Å². The van der Waals surface area contributed by atoms with Crippen molar-refractivity contribution in [1.82, 2.24) is 0 Å². The summed E-state index contributed by atoms with van der Waals surface area (Å²) in [6, 6.07) is 7.08. The number of unbranched alkanes of at least 4 members (excludes halogenated alkanes) is 1. The third-order valence-corrected chi connectivity index (χ3v) is 3.57. The van der Waals surface area contributed by atoms with E-state index in [0.717, 1.165) is 5.33 Å². The molecule has 1 aromatic rings. The lowest BCUT2D eigenvalue weighted by Crippen LogP contribution is -1.89. The fourth-order valence-corrected chi connectivity index (χ4v) is 2.60. The van der Waals surface area contributed by atoms with Gasteiger partial charge in [0.05, 0.1) is 0 Å². The van der Waals surface area contributed by atoms with Gasteiger partial charge in [0.2, 0.25) is 0 Å². The van der Waals surface area contributed by atoms with E-state index < -0.39 is 0 Å². The molecule has 0 nitrogen and oxygen atoms in total. The SMILES string of the molecule is BrCCCCc1ccc2c(c1)CCC2. The number of hydrogen-bond donors (Lipinski definition) is 0. The topological polar surface area (TPSA) is 0 Å². The van der Waals surface area contributed by atoms with Gasteiger partial charge in [-0.2, -0.15) is 0 Å². The predicted octanol–water partition coefficient (Wildman–Crippen LogP) is 3.89. The first kappa shape index (κ1) is 10.2. The summed E-state index contributed by atoms with van der Waals surface area (Å²) < 4.78 is 0. The maximum atomic E-state index is 3.47. The van der Waals surface area contributed by atoms with Crippen LogP contribution in [0.3, 0.4) is 0 Å². The van der Waals surface area contributed by atoms with Crippen molar-refractivity contribution >= 4 is 15.9 Å². The molecule has 1 aliphatic rings. The van der Waals surface area contributed by atoms with Gasteiger partial charge in [0.15, 0.2) is 0 Å². The fraction of sp³-hybridized carbons (Fsp3) is 0.538. The van der Waals surface area contributed by atoms with Crippen LogP contribution in [0.4, 0.5) is 0 Å². The van der Waals surface area contributed by atoms with E-state index in [-0.39, 0.29) is 0 Å². The molecule has 14 heavy (non-hydrogen) atoms. The molecule has 0 saturated carbocycles. The molecule has 1 aliphatic carbocycles. The smallest absolute Gasteiger partial charge is 0.00314 e. The highest BCUT2D eigenvalue weighted by molar-refractivity contribution is 9.09. The number of rotatable bonds is 4. The fourth-order valence-electron chi connectivity index (χ4n) is 2.20. The van der Waals surface area contributed by atoms with E-state index in [1.54, 1.807) is 11.1 Å². The van der Waals surface area contributed by atoms with Crippen LogP contribution in [-0.4, -0.2) is 5.33 Å². The molecule has 0 aromatic heterocycles. The first-order valence-electron chi connectivity index (χ1n) is 5.57. The molecule has 0 spiro atoms. The lowest BCUT2D eigenvalue weighted by atomic mass is 10.0. The van der Waals surface area contributed by atoms with E-state index in [2.05, 4.69) is 34.1 Å². The average molecular weight is 253 g/mol. The van der Waals surface area contributed by atoms with Crippen molar-refractivity contribution in [2.75, 3.05) is 5.33 Å². The molecule has 0 unspecified atom stereocenters. The highest BCUT2D eigenvalue weighted by atomic mass is 79.9. The summed E-state index contributed by atoms with van der Waals surface area (Å²) in [5.74, 6) is 0. The molecule has 0 amide bonds. The van der Waals surface area contributed by atoms with Gasteiger partial charge in [-0.15, -0.1) is 0 Å². The Bertz CT molecular complexity index is 304. The standard InChI is InChI=1S/C13H17Br/c14-9-2-1-4-11-7-8-12-5-3-6-13(12)10-11/h7-8,10H,1-6,9H2. The molecular weight excluding hydrogens is 236 g/mol. The van der Waals surface area contributed by atoms with E-state index in [4.69, 9.17) is 0 Å². The van der Waals surface area contributed by atoms with Gasteiger partial charge in [-0.3, -0.25) is 0 Å². The molecule has 0 radical (unpaired) electrons. The molecule has 1 heteroatoms. The molecule has 1 aromatic carbocycles. The third-order valence-electron chi connectivity index (χ3n) is 3.01. The van der Waals surface area contributed by atoms with Crippen molar-refractivity contribution in [3.8, 4) is 0 Å². The predicted molar refractivity (Wildman–Crippen MR) is 65.2 cm³/mol. The molecule has 0 saturated heterocycles. The minimum absolute atomic E-state index is 1.14. The van der Waals surface area contributed by atoms with Gasteiger partial charge in [-0.1, -0.05) is 34.1 Å². The molecular formula is C13H17Br. The summed E-state index contributed by atoms with van der Waals surface area (Å²) in [4.78, 5) is 0. The molecule has 0 bridgehead atoms. The van der Waals surface area contributed by atoms with Gasteiger partial charge in [0.25, 0.3) is 0 Å². The lowest BCUT2D eigenvalue weighted by molar-refractivity contribution is 0.805. The number of halogens is 1. The second-order valence-electron chi connectivity index (χ2n) is 4.10. The minimum atomic E-state index is 1.14. The maximum absolute atomic E-state index is 3.47. The van der Waals surface area contributed by atoms with Crippen molar-refractivity contribution in [1.29, 1.82) is 0 Å². The third kappa shape index (κ3) is 2.38. The zero-order chi connectivity index (χ0) is 9.80. The van der Waals surface area contributed by atoms with Crippen LogP contribution in [0, 0.1) is 0 Å². The Morgan fingerprint density at radius 1 is 1.07 bits per heavy atom. The maximum Gasteiger partial charge on any atom is 0.00314 e. The second kappa shape index (κ2) is 4.97. The van der Waals surface area contributed by atoms with Crippen molar-refractivity contribution in [2.24, 2.45) is 0 Å². The van der Waals surface area contributed by atoms with E-state index in [0.29, 0.717) is 0 Å². The molecule has 76 valence electrons. The van der Waals surface area contributed by atoms with Crippen LogP contribution in [0.5, 0.6) is 0 Å². The van der Waals surface area contributed by atoms with E-state index in [1.165, 1.54) is 44.1 Å². The molecule has 0 heterocycles. The normalized spacial score (nSPS) is 14.4. The van der Waals surface area contributed by atoms with E-state index in [9.17, 15) is 0 Å². The van der Waals surface area contributed by atoms with Gasteiger partial charge in [0, 0.05) is 5.33 Å². The van der Waals surface area contributed by atoms with Crippen LogP contribution in [0.25, 0.3) is 0 Å². The van der Waals surface area contributed by atoms with E-state index in [1.807, 2.05) is 0 Å². The van der Waals surface area contributed by atoms with Crippen LogP contribution in [0.2, 0.25) is 0 Å². The summed E-state index contributed by atoms with van der Waals surface area (Å²) in [5, 5.41) is 1.14. The first-order valence-corrected chi connectivity index (χ1v) is 6.69. The molecule has 0 fully saturated rings. The van der Waals surface area contributed by atoms with Crippen LogP contribution in [0.1, 0.15) is 36.0 Å². The molecule has 0 N–H and O–H groups in total. The van der Waals surface area contributed by atoms with Crippen molar-refractivity contribution in [2.45, 2.75) is 38.5 Å². The van der Waals surface area contributed by atoms with E-state index >= 15 is 0 Å². The van der Waals surface area contributed by atoms with Crippen LogP contribution in [-0.2, 0) is 19.3 Å². The largest absolute Gasteiger partial charge is 0.0928 e. The summed E-state index contributed by atoms with van der Waals surface area (Å²) in [6.45, 7) is 0. The second-order valence-corrected chi connectivity index (χ2v) is 4.90. The Labute approximate surface area is 94.8 Å². The Hall–Kier alpha value is -0.300. The number of aryl methyl sites for hydroxylation is 3. The van der Waals surface area contributed by atoms with Crippen LogP contribution < -0.4 is 0 Å². The Morgan fingerprint density at radius 3 is 2.79 bits per heavy atom. The van der Waals surface area contributed by atoms with Crippen LogP contribution in [0.15, 0.2) is 18.2 Å². The highest BCUT2D eigenvalue weighted by Crippen LogP contribution is 2.23. The summed E-state index contributed by atoms with van der Waals surface area (Å²) in [5.41, 5.74) is 4.74. The number of alkyl halides is 1. The number of fused-ring (bicyclic) bond motifs is 1. The highest BCUT2D eigenvalue weighted by Gasteiger charge is 2.10.